The summed E-state index contributed by atoms with van der Waals surface area (Å²) in [6.07, 6.45) is 14.0. The van der Waals surface area contributed by atoms with Crippen molar-refractivity contribution in [3.05, 3.63) is 12.7 Å². The van der Waals surface area contributed by atoms with Crippen LogP contribution in [0, 0.1) is 0 Å². The first-order valence-corrected chi connectivity index (χ1v) is 9.10. The number of rotatable bonds is 10. The normalized spacial score (nSPS) is 25.9. The molecule has 24 heavy (non-hydrogen) atoms. The summed E-state index contributed by atoms with van der Waals surface area (Å²) in [6.45, 7) is 8.07. The van der Waals surface area contributed by atoms with E-state index in [9.17, 15) is 4.79 Å². The topological polar surface area (TPSA) is 42.1 Å². The zero-order chi connectivity index (χ0) is 17.5. The third-order valence-corrected chi connectivity index (χ3v) is 3.79. The van der Waals surface area contributed by atoms with Gasteiger partial charge in [-0.15, -0.1) is 6.58 Å². The Kier molecular flexibility index (Phi) is 22.4. The number of epoxide rings is 2. The van der Waals surface area contributed by atoms with Crippen LogP contribution in [0.1, 0.15) is 75.4 Å². The summed E-state index contributed by atoms with van der Waals surface area (Å²) in [5, 5.41) is 0. The molecule has 5 heteroatoms. The summed E-state index contributed by atoms with van der Waals surface area (Å²) >= 11 is 3.46. The van der Waals surface area contributed by atoms with E-state index in [1.807, 2.05) is 6.08 Å². The summed E-state index contributed by atoms with van der Waals surface area (Å²) < 4.78 is 16.4. The number of carbonyl (C=O) groups excluding carboxylic acids is 1. The molecule has 2 saturated heterocycles. The Bertz CT molecular complexity index is 285. The molecule has 0 spiro atoms. The molecule has 2 fully saturated rings. The van der Waals surface area contributed by atoms with Crippen molar-refractivity contribution in [2.24, 2.45) is 0 Å². The third-order valence-electron chi connectivity index (χ3n) is 3.79. The summed E-state index contributed by atoms with van der Waals surface area (Å²) in [5.74, 6) is 0. The van der Waals surface area contributed by atoms with Gasteiger partial charge in [-0.05, 0) is 19.1 Å². The van der Waals surface area contributed by atoms with E-state index in [-0.39, 0.29) is 56.9 Å². The molecule has 2 aliphatic heterocycles. The monoisotopic (exact) mass is 371 g/mol. The second-order valence-electron chi connectivity index (χ2n) is 5.64. The van der Waals surface area contributed by atoms with Crippen LogP contribution in [0.2, 0.25) is 0 Å². The van der Waals surface area contributed by atoms with E-state index in [4.69, 9.17) is 10.8 Å². The SMILES string of the molecule is C.C=CC1O[C@H]1CCCCC.CCCCC[C@@H]1OC1C=O.[2H]CS.[H-].[Na+]. The van der Waals surface area contributed by atoms with Crippen molar-refractivity contribution in [1.82, 2.24) is 0 Å². The quantitative estimate of drug-likeness (QED) is 0.160. The molecule has 2 unspecified atom stereocenters. The number of thiol groups is 1. The molecule has 0 bridgehead atoms. The van der Waals surface area contributed by atoms with Crippen molar-refractivity contribution in [2.75, 3.05) is 6.23 Å². The standard InChI is InChI=1S/C9H16O.C8H14O2.CH4S.CH4.Na.H/c1-3-5-6-7-9-8(4-2)10-9;1-2-3-4-5-7-8(6-9)10-7;1-2;;;/h4,8-9H,2-3,5-7H2,1H3;6-8H,2-5H2,1H3;2H,1H3;1H4;;/q;;;;+1;-1/t8?,9-;7-,8?;;;;/m00..../s1/i;;1D;;;. The summed E-state index contributed by atoms with van der Waals surface area (Å²) in [5.41, 5.74) is 0. The summed E-state index contributed by atoms with van der Waals surface area (Å²) in [6, 6.07) is 0. The van der Waals surface area contributed by atoms with Crippen molar-refractivity contribution in [3.8, 4) is 0 Å². The average molecular weight is 372 g/mol. The van der Waals surface area contributed by atoms with Crippen LogP contribution in [0.25, 0.3) is 0 Å². The van der Waals surface area contributed by atoms with Gasteiger partial charge in [0.1, 0.15) is 12.2 Å². The van der Waals surface area contributed by atoms with Gasteiger partial charge in [0, 0.05) is 1.37 Å². The van der Waals surface area contributed by atoms with Crippen molar-refractivity contribution in [2.45, 2.75) is 97.1 Å². The van der Waals surface area contributed by atoms with E-state index in [1.54, 1.807) is 0 Å². The van der Waals surface area contributed by atoms with E-state index < -0.39 is 0 Å². The Balaban J connectivity index is -0.000000147. The number of aldehydes is 1. The van der Waals surface area contributed by atoms with E-state index in [0.717, 1.165) is 12.7 Å². The first kappa shape index (κ1) is 26.9. The van der Waals surface area contributed by atoms with Crippen LogP contribution in [0.15, 0.2) is 12.7 Å². The number of hydrogen-bond acceptors (Lipinski definition) is 4. The van der Waals surface area contributed by atoms with Gasteiger partial charge < -0.3 is 15.7 Å². The number of carbonyl (C=O) groups is 1. The Labute approximate surface area is 180 Å². The third kappa shape index (κ3) is 15.0. The molecule has 2 aliphatic rings. The average Bonchev–Trinajstić information content (AvgIpc) is 3.45. The maximum absolute atomic E-state index is 10.1. The fourth-order valence-electron chi connectivity index (χ4n) is 2.30. The van der Waals surface area contributed by atoms with Gasteiger partial charge in [-0.1, -0.05) is 65.9 Å². The van der Waals surface area contributed by atoms with E-state index >= 15 is 0 Å². The fraction of sp³-hybridized carbons (Fsp3) is 0.842. The zero-order valence-corrected chi connectivity index (χ0v) is 18.1. The van der Waals surface area contributed by atoms with Gasteiger partial charge in [-0.25, -0.2) is 0 Å². The maximum Gasteiger partial charge on any atom is 1.00 e. The van der Waals surface area contributed by atoms with Crippen LogP contribution in [-0.2, 0) is 14.3 Å². The van der Waals surface area contributed by atoms with Gasteiger partial charge in [0.05, 0.1) is 12.2 Å². The van der Waals surface area contributed by atoms with E-state index in [0.29, 0.717) is 12.2 Å². The van der Waals surface area contributed by atoms with E-state index in [2.05, 4.69) is 33.1 Å². The Morgan fingerprint density at radius 1 is 1.08 bits per heavy atom. The van der Waals surface area contributed by atoms with Crippen LogP contribution < -0.4 is 29.6 Å². The minimum Gasteiger partial charge on any atom is -1.00 e. The molecule has 0 saturated carbocycles. The van der Waals surface area contributed by atoms with Crippen LogP contribution in [-0.4, -0.2) is 36.9 Å². The second kappa shape index (κ2) is 20.0. The Morgan fingerprint density at radius 3 is 1.79 bits per heavy atom. The largest absolute Gasteiger partial charge is 1.00 e. The molecule has 3 nitrogen and oxygen atoms in total. The second-order valence-corrected chi connectivity index (χ2v) is 5.64. The van der Waals surface area contributed by atoms with Crippen molar-refractivity contribution in [1.29, 1.82) is 0 Å². The molecule has 0 aromatic carbocycles. The molecule has 0 aromatic heterocycles. The predicted molar refractivity (Wildman–Crippen MR) is 105 cm³/mol. The first-order chi connectivity index (χ1) is 11.2. The van der Waals surface area contributed by atoms with Gasteiger partial charge in [0.25, 0.3) is 0 Å². The molecule has 4 atom stereocenters. The van der Waals surface area contributed by atoms with Gasteiger partial charge in [0.15, 0.2) is 6.29 Å². The molecule has 0 amide bonds. The minimum absolute atomic E-state index is 0. The minimum atomic E-state index is -0.0585. The van der Waals surface area contributed by atoms with Gasteiger partial charge in [0.2, 0.25) is 0 Å². The van der Waals surface area contributed by atoms with E-state index in [1.165, 1.54) is 44.9 Å². The molecule has 140 valence electrons. The number of ether oxygens (including phenoxy) is 2. The Hall–Kier alpha value is 0.680. The zero-order valence-electron chi connectivity index (χ0n) is 17.2. The maximum atomic E-state index is 10.1. The molecule has 0 radical (unpaired) electrons. The Morgan fingerprint density at radius 2 is 1.50 bits per heavy atom. The number of hydrogen-bond donors (Lipinski definition) is 1. The molecule has 0 aliphatic carbocycles. The van der Waals surface area contributed by atoms with Crippen LogP contribution >= 0.6 is 12.6 Å². The molecule has 2 heterocycles. The predicted octanol–water partition coefficient (Wildman–Crippen LogP) is 2.35. The summed E-state index contributed by atoms with van der Waals surface area (Å²) in [7, 11) is 0. The van der Waals surface area contributed by atoms with Crippen LogP contribution in [0.3, 0.4) is 0 Å². The van der Waals surface area contributed by atoms with Gasteiger partial charge in [-0.3, -0.25) is 0 Å². The smallest absolute Gasteiger partial charge is 1.00 e. The fourth-order valence-corrected chi connectivity index (χ4v) is 2.30. The molecule has 0 N–H and O–H groups in total. The molecular formula is C19H39NaO3S. The van der Waals surface area contributed by atoms with Gasteiger partial charge in [-0.2, -0.15) is 12.6 Å². The van der Waals surface area contributed by atoms with Gasteiger partial charge >= 0.3 is 29.6 Å². The van der Waals surface area contributed by atoms with Crippen LogP contribution in [0.5, 0.6) is 0 Å². The molecule has 0 aromatic rings. The number of unbranched alkanes of at least 4 members (excludes halogenated alkanes) is 4. The van der Waals surface area contributed by atoms with Crippen molar-refractivity contribution < 1.29 is 46.6 Å². The van der Waals surface area contributed by atoms with Crippen molar-refractivity contribution >= 4 is 18.9 Å². The van der Waals surface area contributed by atoms with Crippen LogP contribution in [0.4, 0.5) is 0 Å². The summed E-state index contributed by atoms with van der Waals surface area (Å²) in [4.78, 5) is 10.1. The van der Waals surface area contributed by atoms with Crippen molar-refractivity contribution in [3.63, 3.8) is 0 Å². The molecule has 2 rings (SSSR count). The molecular weight excluding hydrogens is 331 g/mol. The first-order valence-electron chi connectivity index (χ1n) is 9.17.